The molecule has 8 nitrogen and oxygen atoms in total. The van der Waals surface area contributed by atoms with Crippen molar-refractivity contribution in [2.24, 2.45) is 19.1 Å². The largest absolute Gasteiger partial charge is 0.410 e. The minimum absolute atomic E-state index is 0.117. The highest BCUT2D eigenvalue weighted by Gasteiger charge is 2.11. The Morgan fingerprint density at radius 3 is 2.63 bits per heavy atom. The van der Waals surface area contributed by atoms with Gasteiger partial charge in [0.2, 0.25) is 0 Å². The smallest absolute Gasteiger partial charge is 0.332 e. The van der Waals surface area contributed by atoms with Crippen LogP contribution in [0, 0.1) is 0 Å². The number of nitrogens with zero attached hydrogens (tertiary/aromatic N) is 5. The van der Waals surface area contributed by atoms with Crippen molar-refractivity contribution < 1.29 is 5.21 Å². The predicted molar refractivity (Wildman–Crippen MR) is 68.1 cm³/mol. The van der Waals surface area contributed by atoms with E-state index in [0.29, 0.717) is 11.4 Å². The Morgan fingerprint density at radius 2 is 2.00 bits per heavy atom. The van der Waals surface area contributed by atoms with Crippen LogP contribution in [0.25, 0.3) is 11.0 Å². The zero-order valence-electron chi connectivity index (χ0n) is 11.0. The molecule has 0 aliphatic rings. The molecule has 0 radical (unpaired) electrons. The maximum absolute atomic E-state index is 12.0. The lowest BCUT2D eigenvalue weighted by molar-refractivity contribution is 0.133. The highest BCUT2D eigenvalue weighted by Crippen LogP contribution is 1.98. The van der Waals surface area contributed by atoms with Crippen molar-refractivity contribution in [3.8, 4) is 0 Å². The molecule has 0 fully saturated rings. The van der Waals surface area contributed by atoms with Crippen molar-refractivity contribution in [1.29, 1.82) is 0 Å². The number of aryl methyl sites for hydroxylation is 1. The van der Waals surface area contributed by atoms with Gasteiger partial charge in [0, 0.05) is 26.7 Å². The van der Waals surface area contributed by atoms with Crippen LogP contribution in [-0.2, 0) is 14.1 Å². The second-order valence-electron chi connectivity index (χ2n) is 4.22. The summed E-state index contributed by atoms with van der Waals surface area (Å²) in [6.07, 6.45) is 0.809. The predicted octanol–water partition coefficient (Wildman–Crippen LogP) is -1.02. The molecule has 2 aromatic heterocycles. The molecule has 0 aliphatic heterocycles. The van der Waals surface area contributed by atoms with Crippen molar-refractivity contribution in [3.63, 3.8) is 0 Å². The van der Waals surface area contributed by atoms with Crippen LogP contribution in [0.3, 0.4) is 0 Å². The van der Waals surface area contributed by atoms with Crippen LogP contribution in [0.1, 0.15) is 13.3 Å². The molecule has 19 heavy (non-hydrogen) atoms. The van der Waals surface area contributed by atoms with Crippen LogP contribution >= 0.6 is 0 Å². The van der Waals surface area contributed by atoms with Crippen molar-refractivity contribution >= 4 is 11.0 Å². The molecule has 8 heteroatoms. The van der Waals surface area contributed by atoms with E-state index in [4.69, 9.17) is 0 Å². The molecule has 0 aromatic carbocycles. The highest BCUT2D eigenvalue weighted by molar-refractivity contribution is 5.72. The molecule has 0 saturated heterocycles. The molecule has 0 spiro atoms. The van der Waals surface area contributed by atoms with Crippen LogP contribution < -0.4 is 16.7 Å². The van der Waals surface area contributed by atoms with Crippen LogP contribution in [0.5, 0.6) is 0 Å². The van der Waals surface area contributed by atoms with E-state index in [2.05, 4.69) is 10.1 Å². The first kappa shape index (κ1) is 13.1. The lowest BCUT2D eigenvalue weighted by Gasteiger charge is -2.07. The molecular weight excluding hydrogens is 250 g/mol. The fourth-order valence-corrected chi connectivity index (χ4v) is 1.77. The van der Waals surface area contributed by atoms with Gasteiger partial charge in [0.25, 0.3) is 5.56 Å². The molecule has 0 atom stereocenters. The molecular formula is C11H15N5O3. The Balaban J connectivity index is 2.95. The lowest BCUT2D eigenvalue weighted by atomic mass is 10.3. The van der Waals surface area contributed by atoms with E-state index < -0.39 is 11.2 Å². The summed E-state index contributed by atoms with van der Waals surface area (Å²) in [4.78, 5) is 28.5. The maximum atomic E-state index is 12.0. The summed E-state index contributed by atoms with van der Waals surface area (Å²) >= 11 is 0. The van der Waals surface area contributed by atoms with E-state index in [9.17, 15) is 14.8 Å². The SMILES string of the molecule is CCCN=c1cc2c(=O)n(C)c(=O)n(C)c2nn1O. The Morgan fingerprint density at radius 1 is 1.32 bits per heavy atom. The summed E-state index contributed by atoms with van der Waals surface area (Å²) in [5, 5.41) is 13.8. The van der Waals surface area contributed by atoms with Gasteiger partial charge in [-0.15, -0.1) is 5.10 Å². The molecule has 102 valence electrons. The lowest BCUT2D eigenvalue weighted by Crippen LogP contribution is -2.39. The number of aromatic nitrogens is 4. The van der Waals surface area contributed by atoms with Gasteiger partial charge >= 0.3 is 5.69 Å². The average molecular weight is 265 g/mol. The Hall–Kier alpha value is -2.38. The topological polar surface area (TPSA) is 94.4 Å². The van der Waals surface area contributed by atoms with Gasteiger partial charge in [0.1, 0.15) is 0 Å². The first-order valence-corrected chi connectivity index (χ1v) is 5.87. The van der Waals surface area contributed by atoms with Crippen molar-refractivity contribution in [3.05, 3.63) is 32.4 Å². The molecule has 0 bridgehead atoms. The minimum atomic E-state index is -0.497. The van der Waals surface area contributed by atoms with Gasteiger partial charge in [0.05, 0.1) is 5.39 Å². The highest BCUT2D eigenvalue weighted by atomic mass is 16.5. The third-order valence-corrected chi connectivity index (χ3v) is 2.83. The van der Waals surface area contributed by atoms with Crippen LogP contribution in [0.4, 0.5) is 0 Å². The first-order chi connectivity index (χ1) is 8.97. The van der Waals surface area contributed by atoms with Crippen molar-refractivity contribution in [2.75, 3.05) is 6.54 Å². The Bertz CT molecular complexity index is 812. The van der Waals surface area contributed by atoms with Gasteiger partial charge in [-0.05, 0) is 6.42 Å². The van der Waals surface area contributed by atoms with E-state index in [0.717, 1.165) is 11.0 Å². The zero-order chi connectivity index (χ0) is 14.2. The van der Waals surface area contributed by atoms with Crippen LogP contribution in [0.2, 0.25) is 0 Å². The van der Waals surface area contributed by atoms with Crippen LogP contribution in [0.15, 0.2) is 20.6 Å². The van der Waals surface area contributed by atoms with E-state index in [-0.39, 0.29) is 16.5 Å². The Kier molecular flexibility index (Phi) is 3.24. The van der Waals surface area contributed by atoms with E-state index in [1.165, 1.54) is 24.7 Å². The molecule has 2 heterocycles. The molecule has 0 unspecified atom stereocenters. The van der Waals surface area contributed by atoms with Gasteiger partial charge in [-0.25, -0.2) is 4.79 Å². The normalized spacial score (nSPS) is 12.3. The Labute approximate surface area is 107 Å². The molecule has 2 rings (SSSR count). The van der Waals surface area contributed by atoms with E-state index in [1.807, 2.05) is 6.92 Å². The quantitative estimate of drug-likeness (QED) is 0.703. The van der Waals surface area contributed by atoms with Crippen molar-refractivity contribution in [2.45, 2.75) is 13.3 Å². The minimum Gasteiger partial charge on any atom is -0.410 e. The summed E-state index contributed by atoms with van der Waals surface area (Å²) in [7, 11) is 2.88. The fraction of sp³-hybridized carbons (Fsp3) is 0.455. The second-order valence-corrected chi connectivity index (χ2v) is 4.22. The summed E-state index contributed by atoms with van der Waals surface area (Å²) in [6.45, 7) is 2.46. The zero-order valence-corrected chi connectivity index (χ0v) is 11.0. The van der Waals surface area contributed by atoms with Gasteiger partial charge in [-0.2, -0.15) is 0 Å². The summed E-state index contributed by atoms with van der Waals surface area (Å²) in [5.41, 5.74) is -0.654. The monoisotopic (exact) mass is 265 g/mol. The number of rotatable bonds is 2. The molecule has 1 N–H and O–H groups in total. The van der Waals surface area contributed by atoms with Crippen molar-refractivity contribution in [1.82, 2.24) is 19.1 Å². The molecule has 0 amide bonds. The van der Waals surface area contributed by atoms with E-state index in [1.54, 1.807) is 0 Å². The maximum Gasteiger partial charge on any atom is 0.332 e. The summed E-state index contributed by atoms with van der Waals surface area (Å²) in [5.74, 6) is 0. The third kappa shape index (κ3) is 2.05. The summed E-state index contributed by atoms with van der Waals surface area (Å²) < 4.78 is 2.20. The van der Waals surface area contributed by atoms with Gasteiger partial charge in [-0.1, -0.05) is 11.8 Å². The van der Waals surface area contributed by atoms with Crippen LogP contribution in [-0.4, -0.2) is 30.8 Å². The molecule has 2 aromatic rings. The third-order valence-electron chi connectivity index (χ3n) is 2.83. The van der Waals surface area contributed by atoms with E-state index >= 15 is 0 Å². The van der Waals surface area contributed by atoms with Gasteiger partial charge < -0.3 is 5.21 Å². The fourth-order valence-electron chi connectivity index (χ4n) is 1.77. The number of hydrogen-bond donors (Lipinski definition) is 1. The second kappa shape index (κ2) is 4.71. The molecule has 0 aliphatic carbocycles. The standard InChI is InChI=1S/C11H15N5O3/c1-4-5-12-8-6-7-9(13-16(8)19)14(2)11(18)15(3)10(7)17/h6,19H,4-5H2,1-3H3. The summed E-state index contributed by atoms with van der Waals surface area (Å²) in [6, 6.07) is 1.43. The number of hydrogen-bond acceptors (Lipinski definition) is 5. The number of fused-ring (bicyclic) bond motifs is 1. The first-order valence-electron chi connectivity index (χ1n) is 5.87. The molecule has 0 saturated carbocycles. The van der Waals surface area contributed by atoms with Gasteiger partial charge in [0.15, 0.2) is 11.1 Å². The average Bonchev–Trinajstić information content (AvgIpc) is 2.41. The van der Waals surface area contributed by atoms with Gasteiger partial charge in [-0.3, -0.25) is 18.9 Å².